The molecule has 6 heteroatoms. The van der Waals surface area contributed by atoms with Crippen LogP contribution in [0.25, 0.3) is 0 Å². The minimum Gasteiger partial charge on any atom is -0.306 e. The lowest BCUT2D eigenvalue weighted by atomic mass is 10.1. The highest BCUT2D eigenvalue weighted by atomic mass is 79.9. The molecule has 2 rings (SSSR count). The van der Waals surface area contributed by atoms with Gasteiger partial charge in [-0.15, -0.1) is 0 Å². The summed E-state index contributed by atoms with van der Waals surface area (Å²) in [5.74, 6) is 0. The monoisotopic (exact) mass is 368 g/mol. The minimum absolute atomic E-state index is 0.0773. The van der Waals surface area contributed by atoms with Crippen LogP contribution in [0.2, 0.25) is 5.02 Å². The Balaban J connectivity index is 2.04. The fraction of sp³-hybridized carbons (Fsp3) is 0.200. The maximum Gasteiger partial charge on any atom is 0.283 e. The highest BCUT2D eigenvalue weighted by Crippen LogP contribution is 2.26. The molecule has 0 fully saturated rings. The lowest BCUT2D eigenvalue weighted by Gasteiger charge is -2.14. The number of hydrogen-bond donors (Lipinski definition) is 1. The Hall–Kier alpha value is -1.43. The van der Waals surface area contributed by atoms with Crippen LogP contribution in [-0.4, -0.2) is 4.92 Å². The Morgan fingerprint density at radius 2 is 1.95 bits per heavy atom. The van der Waals surface area contributed by atoms with E-state index >= 15 is 0 Å². The summed E-state index contributed by atoms with van der Waals surface area (Å²) in [6.07, 6.45) is 0. The topological polar surface area (TPSA) is 55.2 Å². The number of hydrogen-bond acceptors (Lipinski definition) is 3. The number of nitrogens with zero attached hydrogens (tertiary/aromatic N) is 1. The molecule has 0 unspecified atom stereocenters. The molecule has 110 valence electrons. The van der Waals surface area contributed by atoms with Crippen LogP contribution in [0.3, 0.4) is 0 Å². The van der Waals surface area contributed by atoms with E-state index in [4.69, 9.17) is 11.6 Å². The second-order valence-electron chi connectivity index (χ2n) is 4.70. The van der Waals surface area contributed by atoms with Gasteiger partial charge < -0.3 is 5.32 Å². The van der Waals surface area contributed by atoms with Crippen molar-refractivity contribution in [3.05, 3.63) is 73.2 Å². The second-order valence-corrected chi connectivity index (χ2v) is 5.99. The molecular formula is C15H14BrClN2O2. The maximum atomic E-state index is 10.9. The summed E-state index contributed by atoms with van der Waals surface area (Å²) in [5.41, 5.74) is 2.06. The Labute approximate surface area is 136 Å². The molecule has 0 aromatic heterocycles. The maximum absolute atomic E-state index is 10.9. The molecule has 0 spiro atoms. The summed E-state index contributed by atoms with van der Waals surface area (Å²) in [7, 11) is 0. The van der Waals surface area contributed by atoms with Gasteiger partial charge in [-0.1, -0.05) is 29.8 Å². The Bertz CT molecular complexity index is 647. The van der Waals surface area contributed by atoms with Crippen LogP contribution in [0.1, 0.15) is 24.1 Å². The van der Waals surface area contributed by atoms with Gasteiger partial charge in [-0.25, -0.2) is 0 Å². The summed E-state index contributed by atoms with van der Waals surface area (Å²) >= 11 is 9.04. The first-order valence-corrected chi connectivity index (χ1v) is 7.56. The molecule has 0 bridgehead atoms. The van der Waals surface area contributed by atoms with Crippen LogP contribution in [0, 0.1) is 10.1 Å². The number of halogens is 2. The van der Waals surface area contributed by atoms with E-state index in [1.807, 2.05) is 37.3 Å². The summed E-state index contributed by atoms with van der Waals surface area (Å²) in [4.78, 5) is 10.5. The molecule has 0 aliphatic rings. The average molecular weight is 370 g/mol. The van der Waals surface area contributed by atoms with Crippen LogP contribution in [0.4, 0.5) is 5.69 Å². The number of nitro groups is 1. The molecule has 0 saturated heterocycles. The van der Waals surface area contributed by atoms with Gasteiger partial charge in [-0.05, 0) is 52.2 Å². The van der Waals surface area contributed by atoms with Crippen molar-refractivity contribution < 1.29 is 4.92 Å². The first-order valence-electron chi connectivity index (χ1n) is 6.39. The summed E-state index contributed by atoms with van der Waals surface area (Å²) < 4.78 is 0.488. The molecule has 4 nitrogen and oxygen atoms in total. The van der Waals surface area contributed by atoms with Crippen molar-refractivity contribution in [2.24, 2.45) is 0 Å². The minimum atomic E-state index is -0.393. The summed E-state index contributed by atoms with van der Waals surface area (Å²) in [6.45, 7) is 2.59. The van der Waals surface area contributed by atoms with Crippen molar-refractivity contribution in [1.82, 2.24) is 5.32 Å². The average Bonchev–Trinajstić information content (AvgIpc) is 2.46. The van der Waals surface area contributed by atoms with E-state index in [1.165, 1.54) is 0 Å². The molecule has 0 aliphatic heterocycles. The van der Waals surface area contributed by atoms with Gasteiger partial charge in [0.25, 0.3) is 5.69 Å². The van der Waals surface area contributed by atoms with E-state index in [0.29, 0.717) is 16.0 Å². The quantitative estimate of drug-likeness (QED) is 0.605. The van der Waals surface area contributed by atoms with Crippen molar-refractivity contribution in [3.63, 3.8) is 0 Å². The summed E-state index contributed by atoms with van der Waals surface area (Å²) in [6, 6.07) is 12.9. The molecule has 21 heavy (non-hydrogen) atoms. The lowest BCUT2D eigenvalue weighted by Crippen LogP contribution is -2.18. The molecule has 0 heterocycles. The van der Waals surface area contributed by atoms with Crippen molar-refractivity contribution >= 4 is 33.2 Å². The van der Waals surface area contributed by atoms with Crippen molar-refractivity contribution in [2.75, 3.05) is 0 Å². The van der Waals surface area contributed by atoms with Crippen LogP contribution in [0.5, 0.6) is 0 Å². The van der Waals surface area contributed by atoms with E-state index in [2.05, 4.69) is 21.2 Å². The van der Waals surface area contributed by atoms with Gasteiger partial charge in [0, 0.05) is 23.7 Å². The van der Waals surface area contributed by atoms with E-state index in [-0.39, 0.29) is 11.7 Å². The Morgan fingerprint density at radius 3 is 2.57 bits per heavy atom. The van der Waals surface area contributed by atoms with E-state index in [9.17, 15) is 10.1 Å². The lowest BCUT2D eigenvalue weighted by molar-refractivity contribution is -0.385. The Kier molecular flexibility index (Phi) is 5.33. The van der Waals surface area contributed by atoms with E-state index < -0.39 is 4.92 Å². The highest BCUT2D eigenvalue weighted by molar-refractivity contribution is 9.10. The molecule has 2 aromatic rings. The number of benzene rings is 2. The van der Waals surface area contributed by atoms with Gasteiger partial charge >= 0.3 is 0 Å². The van der Waals surface area contributed by atoms with Gasteiger partial charge in [0.15, 0.2) is 0 Å². The first kappa shape index (κ1) is 15.9. The standard InChI is InChI=1S/C15H14BrClN2O2/c1-10(12-3-5-13(17)6-4-12)18-9-11-2-7-14(16)15(8-11)19(20)21/h2-8,10,18H,9H2,1H3/t10-/m0/s1. The molecule has 0 amide bonds. The van der Waals surface area contributed by atoms with Crippen molar-refractivity contribution in [1.29, 1.82) is 0 Å². The van der Waals surface area contributed by atoms with Gasteiger partial charge in [0.05, 0.1) is 9.40 Å². The number of nitro benzene ring substituents is 1. The Morgan fingerprint density at radius 1 is 1.29 bits per heavy atom. The van der Waals surface area contributed by atoms with Crippen molar-refractivity contribution in [2.45, 2.75) is 19.5 Å². The molecular weight excluding hydrogens is 356 g/mol. The fourth-order valence-electron chi connectivity index (χ4n) is 1.95. The van der Waals surface area contributed by atoms with Gasteiger partial charge in [0.1, 0.15) is 0 Å². The predicted molar refractivity (Wildman–Crippen MR) is 87.5 cm³/mol. The predicted octanol–water partition coefficient (Wildman–Crippen LogP) is 4.86. The zero-order chi connectivity index (χ0) is 15.4. The molecule has 1 N–H and O–H groups in total. The van der Waals surface area contributed by atoms with Crippen molar-refractivity contribution in [3.8, 4) is 0 Å². The third-order valence-corrected chi connectivity index (χ3v) is 4.11. The van der Waals surface area contributed by atoms with Crippen LogP contribution in [-0.2, 0) is 6.54 Å². The van der Waals surface area contributed by atoms with Crippen LogP contribution < -0.4 is 5.32 Å². The number of rotatable bonds is 5. The zero-order valence-corrected chi connectivity index (χ0v) is 13.7. The third-order valence-electron chi connectivity index (χ3n) is 3.19. The van der Waals surface area contributed by atoms with Gasteiger partial charge in [-0.2, -0.15) is 0 Å². The fourth-order valence-corrected chi connectivity index (χ4v) is 2.47. The normalized spacial score (nSPS) is 12.1. The largest absolute Gasteiger partial charge is 0.306 e. The van der Waals surface area contributed by atoms with Crippen LogP contribution in [0.15, 0.2) is 46.9 Å². The molecule has 2 aromatic carbocycles. The van der Waals surface area contributed by atoms with Crippen LogP contribution >= 0.6 is 27.5 Å². The highest BCUT2D eigenvalue weighted by Gasteiger charge is 2.12. The molecule has 0 saturated carbocycles. The smallest absolute Gasteiger partial charge is 0.283 e. The number of nitrogens with one attached hydrogen (secondary N) is 1. The van der Waals surface area contributed by atoms with Gasteiger partial charge in [-0.3, -0.25) is 10.1 Å². The first-order chi connectivity index (χ1) is 9.97. The SMILES string of the molecule is C[C@H](NCc1ccc(Br)c([N+](=O)[O-])c1)c1ccc(Cl)cc1. The molecule has 0 radical (unpaired) electrons. The van der Waals surface area contributed by atoms with Gasteiger partial charge in [0.2, 0.25) is 0 Å². The zero-order valence-electron chi connectivity index (χ0n) is 11.3. The molecule has 0 aliphatic carbocycles. The van der Waals surface area contributed by atoms with E-state index in [0.717, 1.165) is 11.1 Å². The molecule has 1 atom stereocenters. The summed E-state index contributed by atoms with van der Waals surface area (Å²) in [5, 5.41) is 15.0. The third kappa shape index (κ3) is 4.27. The second kappa shape index (κ2) is 7.02. The van der Waals surface area contributed by atoms with E-state index in [1.54, 1.807) is 12.1 Å².